The number of hydrogen-bond acceptors (Lipinski definition) is 6. The average Bonchev–Trinajstić information content (AvgIpc) is 2.69. The van der Waals surface area contributed by atoms with Crippen LogP contribution in [0.5, 0.6) is 5.75 Å². The van der Waals surface area contributed by atoms with Crippen molar-refractivity contribution in [3.8, 4) is 5.75 Å². The number of carbonyl (C=O) groups excluding carboxylic acids is 1. The minimum Gasteiger partial charge on any atom is -0.496 e. The maximum Gasteiger partial charge on any atom is 0.228 e. The molecule has 3 N–H and O–H groups in total. The number of aryl methyl sites for hydroxylation is 2. The first kappa shape index (κ1) is 21.1. The smallest absolute Gasteiger partial charge is 0.228 e. The maximum absolute atomic E-state index is 12.4. The normalized spacial score (nSPS) is 10.4. The van der Waals surface area contributed by atoms with Gasteiger partial charge in [-0.15, -0.1) is 0 Å². The van der Waals surface area contributed by atoms with Gasteiger partial charge in [-0.25, -0.2) is 4.98 Å². The Morgan fingerprint density at radius 1 is 1.00 bits per heavy atom. The maximum atomic E-state index is 12.4. The summed E-state index contributed by atoms with van der Waals surface area (Å²) >= 11 is 0. The molecule has 7 nitrogen and oxygen atoms in total. The third-order valence-electron chi connectivity index (χ3n) is 4.45. The predicted molar refractivity (Wildman–Crippen MR) is 121 cm³/mol. The molecule has 0 aliphatic carbocycles. The molecule has 156 valence electrons. The van der Waals surface area contributed by atoms with Crippen LogP contribution in [0.4, 0.5) is 23.1 Å². The van der Waals surface area contributed by atoms with Gasteiger partial charge in [0.2, 0.25) is 11.9 Å². The fourth-order valence-corrected chi connectivity index (χ4v) is 3.10. The van der Waals surface area contributed by atoms with Crippen LogP contribution >= 0.6 is 0 Å². The van der Waals surface area contributed by atoms with Gasteiger partial charge in [0, 0.05) is 29.7 Å². The van der Waals surface area contributed by atoms with E-state index in [4.69, 9.17) is 4.74 Å². The van der Waals surface area contributed by atoms with Crippen molar-refractivity contribution in [1.29, 1.82) is 0 Å². The van der Waals surface area contributed by atoms with Gasteiger partial charge in [0.1, 0.15) is 11.6 Å². The van der Waals surface area contributed by atoms with Crippen molar-refractivity contribution in [2.75, 3.05) is 29.6 Å². The number of benzene rings is 2. The van der Waals surface area contributed by atoms with Gasteiger partial charge in [-0.05, 0) is 62.2 Å². The molecule has 1 heterocycles. The summed E-state index contributed by atoms with van der Waals surface area (Å²) in [7, 11) is 1.64. The molecule has 0 unspecified atom stereocenters. The van der Waals surface area contributed by atoms with Gasteiger partial charge in [0.05, 0.1) is 13.5 Å². The van der Waals surface area contributed by atoms with Gasteiger partial charge in [-0.3, -0.25) is 4.79 Å². The Hall–Kier alpha value is -3.61. The average molecular weight is 406 g/mol. The van der Waals surface area contributed by atoms with Crippen LogP contribution in [-0.4, -0.2) is 29.5 Å². The zero-order chi connectivity index (χ0) is 21.5. The van der Waals surface area contributed by atoms with Gasteiger partial charge >= 0.3 is 0 Å². The number of rotatable bonds is 8. The first-order valence-corrected chi connectivity index (χ1v) is 9.87. The Kier molecular flexibility index (Phi) is 6.85. The molecule has 3 rings (SSSR count). The topological polar surface area (TPSA) is 88.2 Å². The highest BCUT2D eigenvalue weighted by atomic mass is 16.5. The first-order valence-electron chi connectivity index (χ1n) is 9.87. The van der Waals surface area contributed by atoms with E-state index in [0.29, 0.717) is 18.2 Å². The van der Waals surface area contributed by atoms with E-state index in [9.17, 15) is 4.79 Å². The Balaban J connectivity index is 1.60. The van der Waals surface area contributed by atoms with Crippen LogP contribution in [0.25, 0.3) is 0 Å². The van der Waals surface area contributed by atoms with Gasteiger partial charge < -0.3 is 20.7 Å². The molecule has 30 heavy (non-hydrogen) atoms. The molecule has 0 spiro atoms. The molecule has 0 aliphatic heterocycles. The molecule has 1 amide bonds. The van der Waals surface area contributed by atoms with Crippen LogP contribution in [0, 0.1) is 13.8 Å². The Morgan fingerprint density at radius 3 is 2.40 bits per heavy atom. The number of hydrogen-bond donors (Lipinski definition) is 3. The summed E-state index contributed by atoms with van der Waals surface area (Å²) in [6.07, 6.45) is 0.304. The number of nitrogens with one attached hydrogen (secondary N) is 3. The highest BCUT2D eigenvalue weighted by molar-refractivity contribution is 5.92. The molecular formula is C23H27N5O2. The lowest BCUT2D eigenvalue weighted by Gasteiger charge is -2.11. The monoisotopic (exact) mass is 405 g/mol. The van der Waals surface area contributed by atoms with Crippen molar-refractivity contribution >= 4 is 29.0 Å². The van der Waals surface area contributed by atoms with Crippen LogP contribution in [-0.2, 0) is 11.2 Å². The van der Waals surface area contributed by atoms with Crippen molar-refractivity contribution in [1.82, 2.24) is 9.97 Å². The van der Waals surface area contributed by atoms with Gasteiger partial charge in [0.25, 0.3) is 0 Å². The predicted octanol–water partition coefficient (Wildman–Crippen LogP) is 4.46. The zero-order valence-corrected chi connectivity index (χ0v) is 17.7. The lowest BCUT2D eigenvalue weighted by Crippen LogP contribution is -2.14. The summed E-state index contributed by atoms with van der Waals surface area (Å²) in [5, 5.41) is 9.31. The quantitative estimate of drug-likeness (QED) is 0.513. The fraction of sp³-hybridized carbons (Fsp3) is 0.261. The van der Waals surface area contributed by atoms with Crippen LogP contribution in [0.2, 0.25) is 0 Å². The van der Waals surface area contributed by atoms with Crippen LogP contribution < -0.4 is 20.7 Å². The molecule has 3 aromatic rings. The lowest BCUT2D eigenvalue weighted by atomic mass is 10.1. The molecule has 1 aromatic heterocycles. The van der Waals surface area contributed by atoms with Gasteiger partial charge in [-0.1, -0.05) is 12.1 Å². The summed E-state index contributed by atoms with van der Waals surface area (Å²) in [5.74, 6) is 2.06. The molecule has 0 aliphatic rings. The van der Waals surface area contributed by atoms with E-state index < -0.39 is 0 Å². The summed E-state index contributed by atoms with van der Waals surface area (Å²) in [4.78, 5) is 21.2. The van der Waals surface area contributed by atoms with Gasteiger partial charge in [-0.2, -0.15) is 4.98 Å². The van der Waals surface area contributed by atoms with E-state index in [1.807, 2.05) is 69.3 Å². The number of ether oxygens (including phenoxy) is 1. The number of carbonyl (C=O) groups is 1. The minimum absolute atomic E-state index is 0.0676. The van der Waals surface area contributed by atoms with Crippen LogP contribution in [0.15, 0.2) is 48.5 Å². The van der Waals surface area contributed by atoms with E-state index >= 15 is 0 Å². The van der Waals surface area contributed by atoms with Crippen molar-refractivity contribution in [3.63, 3.8) is 0 Å². The zero-order valence-electron chi connectivity index (χ0n) is 17.7. The van der Waals surface area contributed by atoms with E-state index in [1.165, 1.54) is 0 Å². The second-order valence-corrected chi connectivity index (χ2v) is 6.98. The molecule has 0 saturated heterocycles. The number of methoxy groups -OCH3 is 1. The Morgan fingerprint density at radius 2 is 1.73 bits per heavy atom. The summed E-state index contributed by atoms with van der Waals surface area (Å²) < 4.78 is 5.26. The summed E-state index contributed by atoms with van der Waals surface area (Å²) in [5.41, 5.74) is 4.44. The van der Waals surface area contributed by atoms with Crippen molar-refractivity contribution in [2.45, 2.75) is 27.2 Å². The molecule has 2 aromatic carbocycles. The van der Waals surface area contributed by atoms with E-state index in [-0.39, 0.29) is 5.91 Å². The second kappa shape index (κ2) is 9.73. The Bertz CT molecular complexity index is 1020. The summed E-state index contributed by atoms with van der Waals surface area (Å²) in [6.45, 7) is 6.65. The highest BCUT2D eigenvalue weighted by Gasteiger charge is 2.07. The second-order valence-electron chi connectivity index (χ2n) is 6.98. The Labute approximate surface area is 176 Å². The van der Waals surface area contributed by atoms with Crippen LogP contribution in [0.3, 0.4) is 0 Å². The van der Waals surface area contributed by atoms with Crippen molar-refractivity contribution in [2.24, 2.45) is 0 Å². The van der Waals surface area contributed by atoms with Crippen molar-refractivity contribution in [3.05, 3.63) is 65.4 Å². The lowest BCUT2D eigenvalue weighted by molar-refractivity contribution is -0.115. The van der Waals surface area contributed by atoms with E-state index in [1.54, 1.807) is 7.11 Å². The third-order valence-corrected chi connectivity index (χ3v) is 4.45. The van der Waals surface area contributed by atoms with E-state index in [0.717, 1.165) is 40.5 Å². The molecule has 0 atom stereocenters. The largest absolute Gasteiger partial charge is 0.496 e. The molecular weight excluding hydrogens is 378 g/mol. The van der Waals surface area contributed by atoms with Crippen LogP contribution in [0.1, 0.15) is 23.7 Å². The minimum atomic E-state index is -0.0676. The molecule has 0 saturated carbocycles. The third kappa shape index (κ3) is 5.70. The number of nitrogens with zero attached hydrogens (tertiary/aromatic N) is 2. The summed E-state index contributed by atoms with van der Waals surface area (Å²) in [6, 6.07) is 15.2. The number of amides is 1. The molecule has 0 bridgehead atoms. The molecule has 0 fully saturated rings. The van der Waals surface area contributed by atoms with Crippen molar-refractivity contribution < 1.29 is 9.53 Å². The molecule has 7 heteroatoms. The molecule has 0 radical (unpaired) electrons. The number of aromatic nitrogens is 2. The first-order chi connectivity index (χ1) is 14.5. The number of anilines is 4. The standard InChI is InChI=1S/C23H27N5O2/c1-5-24-23-25-16(3)13-21(28-23)26-18-7-9-19(10-8-18)27-22(29)14-17-6-11-20(30-4)15(2)12-17/h6-13H,5,14H2,1-4H3,(H,27,29)(H2,24,25,26,28). The fourth-order valence-electron chi connectivity index (χ4n) is 3.10. The highest BCUT2D eigenvalue weighted by Crippen LogP contribution is 2.21. The van der Waals surface area contributed by atoms with E-state index in [2.05, 4.69) is 25.9 Å². The van der Waals surface area contributed by atoms with Gasteiger partial charge in [0.15, 0.2) is 0 Å². The SMILES string of the molecule is CCNc1nc(C)cc(Nc2ccc(NC(=O)Cc3ccc(OC)c(C)c3)cc2)n1.